The van der Waals surface area contributed by atoms with E-state index in [1.165, 1.54) is 11.1 Å². The lowest BCUT2D eigenvalue weighted by atomic mass is 9.88. The molecule has 4 aromatic rings. The summed E-state index contributed by atoms with van der Waals surface area (Å²) in [6.45, 7) is 3.72. The highest BCUT2D eigenvalue weighted by Crippen LogP contribution is 2.48. The number of hydrogen-bond acceptors (Lipinski definition) is 1. The molecule has 0 aromatic heterocycles. The van der Waals surface area contributed by atoms with Crippen molar-refractivity contribution in [1.82, 2.24) is 0 Å². The van der Waals surface area contributed by atoms with Gasteiger partial charge < -0.3 is 9.59 Å². The van der Waals surface area contributed by atoms with E-state index < -0.39 is 5.60 Å². The average Bonchev–Trinajstić information content (AvgIpc) is 3.47. The van der Waals surface area contributed by atoms with Crippen molar-refractivity contribution in [1.29, 1.82) is 0 Å². The van der Waals surface area contributed by atoms with Crippen LogP contribution in [0.4, 0.5) is 0 Å². The molecular weight excluding hydrogens is 474 g/mol. The second kappa shape index (κ2) is 9.84. The molecule has 37 heavy (non-hydrogen) atoms. The lowest BCUT2D eigenvalue weighted by Gasteiger charge is -2.33. The van der Waals surface area contributed by atoms with Crippen LogP contribution in [0, 0.1) is 11.8 Å². The Labute approximate surface area is 224 Å². The van der Waals surface area contributed by atoms with Gasteiger partial charge in [-0.2, -0.15) is 0 Å². The van der Waals surface area contributed by atoms with Gasteiger partial charge >= 0.3 is 0 Å². The van der Waals surface area contributed by atoms with Crippen molar-refractivity contribution in [3.8, 4) is 23.0 Å². The Morgan fingerprint density at radius 1 is 0.784 bits per heavy atom. The predicted molar refractivity (Wildman–Crippen MR) is 151 cm³/mol. The van der Waals surface area contributed by atoms with Crippen molar-refractivity contribution in [3.05, 3.63) is 130 Å². The van der Waals surface area contributed by atoms with Gasteiger partial charge in [-0.15, -0.1) is 0 Å². The fraction of sp³-hybridized carbons (Fsp3) is 0.235. The molecule has 0 radical (unpaired) electrons. The lowest BCUT2D eigenvalue weighted by Crippen LogP contribution is -2.45. The largest absolute Gasteiger partial charge is 0.379 e. The van der Waals surface area contributed by atoms with E-state index in [4.69, 9.17) is 11.6 Å². The molecule has 0 amide bonds. The van der Waals surface area contributed by atoms with Crippen LogP contribution in [0.1, 0.15) is 41.0 Å². The molecule has 0 unspecified atom stereocenters. The van der Waals surface area contributed by atoms with Gasteiger partial charge in [0.1, 0.15) is 18.7 Å². The Hall–Kier alpha value is -3.35. The maximum Gasteiger partial charge on any atom is 0.141 e. The fourth-order valence-corrected chi connectivity index (χ4v) is 6.51. The minimum absolute atomic E-state index is 0.384. The van der Waals surface area contributed by atoms with Crippen molar-refractivity contribution < 1.29 is 9.59 Å². The molecular formula is C34H31ClNO+. The summed E-state index contributed by atoms with van der Waals surface area (Å²) in [6, 6.07) is 35.3. The third-order valence-corrected chi connectivity index (χ3v) is 8.58. The minimum atomic E-state index is -1.08. The molecule has 1 saturated heterocycles. The SMILES string of the molecule is OC1(CC#CC[N@+]2(Cc3ccccc3Cl)CC[C@@H](c3ccccc3)C2)c2ccccc2-c2ccccc21. The molecule has 2 atom stereocenters. The number of hydrogen-bond donors (Lipinski definition) is 1. The van der Waals surface area contributed by atoms with Crippen molar-refractivity contribution in [2.75, 3.05) is 19.6 Å². The lowest BCUT2D eigenvalue weighted by molar-refractivity contribution is -0.923. The van der Waals surface area contributed by atoms with E-state index in [1.807, 2.05) is 48.5 Å². The number of likely N-dealkylation sites (tertiary alicyclic amines) is 1. The van der Waals surface area contributed by atoms with Gasteiger partial charge in [0.25, 0.3) is 0 Å². The number of benzene rings is 4. The van der Waals surface area contributed by atoms with Gasteiger partial charge in [-0.05, 0) is 39.8 Å². The van der Waals surface area contributed by atoms with Gasteiger partial charge in [0.15, 0.2) is 0 Å². The van der Waals surface area contributed by atoms with E-state index in [2.05, 4.69) is 66.4 Å². The van der Waals surface area contributed by atoms with Gasteiger partial charge in [0.2, 0.25) is 0 Å². The van der Waals surface area contributed by atoms with Gasteiger partial charge in [-0.25, -0.2) is 0 Å². The van der Waals surface area contributed by atoms with Crippen molar-refractivity contribution in [2.45, 2.75) is 30.9 Å². The van der Waals surface area contributed by atoms with Crippen LogP contribution in [0.3, 0.4) is 0 Å². The molecule has 6 rings (SSSR count). The summed E-state index contributed by atoms with van der Waals surface area (Å²) in [5, 5.41) is 12.7. The Morgan fingerprint density at radius 2 is 1.41 bits per heavy atom. The number of halogens is 1. The molecule has 1 heterocycles. The highest BCUT2D eigenvalue weighted by atomic mass is 35.5. The molecule has 3 heteroatoms. The normalized spacial score (nSPS) is 21.1. The Bertz CT molecular complexity index is 1440. The molecule has 0 spiro atoms. The van der Waals surface area contributed by atoms with Gasteiger partial charge in [-0.1, -0.05) is 115 Å². The van der Waals surface area contributed by atoms with Gasteiger partial charge in [0, 0.05) is 29.3 Å². The van der Waals surface area contributed by atoms with Crippen molar-refractivity contribution in [2.24, 2.45) is 0 Å². The zero-order valence-electron chi connectivity index (χ0n) is 20.9. The van der Waals surface area contributed by atoms with E-state index in [0.717, 1.165) is 64.4 Å². The van der Waals surface area contributed by atoms with E-state index in [1.54, 1.807) is 0 Å². The van der Waals surface area contributed by atoms with Crippen LogP contribution in [-0.2, 0) is 12.1 Å². The summed E-state index contributed by atoms with van der Waals surface area (Å²) in [5.41, 5.74) is 5.63. The van der Waals surface area contributed by atoms with Crippen LogP contribution in [0.5, 0.6) is 0 Å². The highest BCUT2D eigenvalue weighted by molar-refractivity contribution is 6.31. The molecule has 1 N–H and O–H groups in total. The Morgan fingerprint density at radius 3 is 2.11 bits per heavy atom. The maximum atomic E-state index is 11.9. The first-order chi connectivity index (χ1) is 18.1. The van der Waals surface area contributed by atoms with Crippen LogP contribution in [-0.4, -0.2) is 29.2 Å². The zero-order chi connectivity index (χ0) is 25.3. The molecule has 0 bridgehead atoms. The second-order valence-corrected chi connectivity index (χ2v) is 10.9. The summed E-state index contributed by atoms with van der Waals surface area (Å²) in [4.78, 5) is 0. The molecule has 2 nitrogen and oxygen atoms in total. The Kier molecular flexibility index (Phi) is 6.39. The number of fused-ring (bicyclic) bond motifs is 3. The van der Waals surface area contributed by atoms with Crippen LogP contribution in [0.2, 0.25) is 5.02 Å². The van der Waals surface area contributed by atoms with Gasteiger partial charge in [-0.3, -0.25) is 0 Å². The average molecular weight is 505 g/mol. The van der Waals surface area contributed by atoms with Crippen molar-refractivity contribution in [3.63, 3.8) is 0 Å². The summed E-state index contributed by atoms with van der Waals surface area (Å²) >= 11 is 6.60. The summed E-state index contributed by atoms with van der Waals surface area (Å²) in [6.07, 6.45) is 1.52. The first kappa shape index (κ1) is 24.0. The first-order valence-electron chi connectivity index (χ1n) is 13.1. The molecule has 0 saturated carbocycles. The first-order valence-corrected chi connectivity index (χ1v) is 13.5. The minimum Gasteiger partial charge on any atom is -0.379 e. The van der Waals surface area contributed by atoms with Crippen LogP contribution in [0.15, 0.2) is 103 Å². The monoisotopic (exact) mass is 504 g/mol. The quantitative estimate of drug-likeness (QED) is 0.226. The third-order valence-electron chi connectivity index (χ3n) is 8.21. The van der Waals surface area contributed by atoms with E-state index >= 15 is 0 Å². The number of rotatable bonds is 5. The predicted octanol–water partition coefficient (Wildman–Crippen LogP) is 7.15. The zero-order valence-corrected chi connectivity index (χ0v) is 21.7. The summed E-state index contributed by atoms with van der Waals surface area (Å²) in [7, 11) is 0. The third kappa shape index (κ3) is 4.49. The van der Waals surface area contributed by atoms with E-state index in [9.17, 15) is 5.11 Å². The maximum absolute atomic E-state index is 11.9. The fourth-order valence-electron chi connectivity index (χ4n) is 6.31. The molecule has 2 aliphatic rings. The van der Waals surface area contributed by atoms with Crippen molar-refractivity contribution >= 4 is 11.6 Å². The van der Waals surface area contributed by atoms with E-state index in [-0.39, 0.29) is 0 Å². The molecule has 184 valence electrons. The smallest absolute Gasteiger partial charge is 0.141 e. The molecule has 4 aromatic carbocycles. The van der Waals surface area contributed by atoms with Gasteiger partial charge in [0.05, 0.1) is 13.1 Å². The van der Waals surface area contributed by atoms with E-state index in [0.29, 0.717) is 12.3 Å². The van der Waals surface area contributed by atoms with Crippen LogP contribution >= 0.6 is 11.6 Å². The topological polar surface area (TPSA) is 20.2 Å². The number of nitrogens with zero attached hydrogens (tertiary/aromatic N) is 1. The number of quaternary nitrogens is 1. The van der Waals surface area contributed by atoms with Crippen LogP contribution in [0.25, 0.3) is 11.1 Å². The molecule has 1 aliphatic carbocycles. The second-order valence-electron chi connectivity index (χ2n) is 10.5. The highest BCUT2D eigenvalue weighted by Gasteiger charge is 2.41. The molecule has 1 aliphatic heterocycles. The number of aliphatic hydroxyl groups is 1. The van der Waals surface area contributed by atoms with Crippen LogP contribution < -0.4 is 0 Å². The Balaban J connectivity index is 1.27. The summed E-state index contributed by atoms with van der Waals surface area (Å²) in [5.74, 6) is 7.44. The standard InChI is InChI=1S/C34H31ClNO/c35-33-19-9-4-14-28(33)25-36(23-20-27(24-36)26-12-2-1-3-13-26)22-11-10-21-34(37)31-17-7-5-15-29(31)30-16-6-8-18-32(30)34/h1-9,12-19,27,37H,20-25H2/q+1/t27-,36+/m1/s1. The summed E-state index contributed by atoms with van der Waals surface area (Å²) < 4.78 is 0.891. The molecule has 1 fully saturated rings.